The Hall–Kier alpha value is -1.02. The summed E-state index contributed by atoms with van der Waals surface area (Å²) in [6.45, 7) is 2.20. The molecule has 2 nitrogen and oxygen atoms in total. The van der Waals surface area contributed by atoms with Gasteiger partial charge in [-0.05, 0) is 32.7 Å². The fourth-order valence-corrected chi connectivity index (χ4v) is 1.38. The summed E-state index contributed by atoms with van der Waals surface area (Å²) in [6.07, 6.45) is 9.33. The van der Waals surface area contributed by atoms with Crippen LogP contribution < -0.4 is 0 Å². The van der Waals surface area contributed by atoms with E-state index in [0.29, 0.717) is 6.04 Å². The fraction of sp³-hybridized carbons (Fsp3) is 0.500. The molecule has 0 amide bonds. The van der Waals surface area contributed by atoms with Crippen molar-refractivity contribution in [2.75, 3.05) is 21.2 Å². The molecule has 0 bridgehead atoms. The second-order valence-corrected chi connectivity index (χ2v) is 3.74. The van der Waals surface area contributed by atoms with Gasteiger partial charge < -0.3 is 9.64 Å². The first-order valence-electron chi connectivity index (χ1n) is 4.93. The Morgan fingerprint density at radius 2 is 2.14 bits per heavy atom. The van der Waals surface area contributed by atoms with Crippen LogP contribution in [0.3, 0.4) is 0 Å². The minimum Gasteiger partial charge on any atom is -0.501 e. The van der Waals surface area contributed by atoms with Crippen molar-refractivity contribution in [3.8, 4) is 0 Å². The maximum Gasteiger partial charge on any atom is 0.0993 e. The number of methoxy groups -OCH3 is 1. The van der Waals surface area contributed by atoms with E-state index in [-0.39, 0.29) is 0 Å². The standard InChI is InChI=1S/C12H19NO/c1-10(13(2)3)11-6-5-7-12(14-4)9-8-11/h5-8,10H,9H2,1-4H3. The molecule has 0 N–H and O–H groups in total. The minimum atomic E-state index is 0.454. The van der Waals surface area contributed by atoms with Crippen molar-refractivity contribution in [2.24, 2.45) is 0 Å². The van der Waals surface area contributed by atoms with Crippen LogP contribution in [-0.4, -0.2) is 32.1 Å². The number of hydrogen-bond acceptors (Lipinski definition) is 2. The Morgan fingerprint density at radius 3 is 2.71 bits per heavy atom. The summed E-state index contributed by atoms with van der Waals surface area (Å²) in [5, 5.41) is 0. The van der Waals surface area contributed by atoms with E-state index in [0.717, 1.165) is 12.2 Å². The Labute approximate surface area is 86.6 Å². The molecule has 14 heavy (non-hydrogen) atoms. The minimum absolute atomic E-state index is 0.454. The Bertz CT molecular complexity index is 274. The highest BCUT2D eigenvalue weighted by Gasteiger charge is 2.09. The van der Waals surface area contributed by atoms with Crippen LogP contribution in [0.4, 0.5) is 0 Å². The number of hydrogen-bond donors (Lipinski definition) is 0. The molecule has 1 aliphatic carbocycles. The molecule has 0 radical (unpaired) electrons. The molecule has 0 aromatic heterocycles. The zero-order valence-electron chi connectivity index (χ0n) is 9.45. The smallest absolute Gasteiger partial charge is 0.0993 e. The molecule has 0 spiro atoms. The average Bonchev–Trinajstić information content (AvgIpc) is 2.41. The largest absolute Gasteiger partial charge is 0.501 e. The van der Waals surface area contributed by atoms with Gasteiger partial charge in [0.1, 0.15) is 0 Å². The van der Waals surface area contributed by atoms with Gasteiger partial charge >= 0.3 is 0 Å². The molecular formula is C12H19NO. The van der Waals surface area contributed by atoms with Gasteiger partial charge in [0.25, 0.3) is 0 Å². The van der Waals surface area contributed by atoms with E-state index in [4.69, 9.17) is 4.74 Å². The fourth-order valence-electron chi connectivity index (χ4n) is 1.38. The molecule has 0 heterocycles. The highest BCUT2D eigenvalue weighted by molar-refractivity contribution is 5.31. The Morgan fingerprint density at radius 1 is 1.43 bits per heavy atom. The van der Waals surface area contributed by atoms with Crippen LogP contribution in [0.2, 0.25) is 0 Å². The molecule has 0 aromatic rings. The van der Waals surface area contributed by atoms with Crippen LogP contribution in [0.5, 0.6) is 0 Å². The van der Waals surface area contributed by atoms with Crippen molar-refractivity contribution in [3.05, 3.63) is 35.6 Å². The third-order valence-electron chi connectivity index (χ3n) is 2.63. The summed E-state index contributed by atoms with van der Waals surface area (Å²) >= 11 is 0. The zero-order chi connectivity index (χ0) is 10.6. The van der Waals surface area contributed by atoms with Crippen molar-refractivity contribution in [1.29, 1.82) is 0 Å². The predicted molar refractivity (Wildman–Crippen MR) is 60.1 cm³/mol. The van der Waals surface area contributed by atoms with Gasteiger partial charge in [0, 0.05) is 12.5 Å². The normalized spacial score (nSPS) is 18.6. The molecule has 0 aliphatic heterocycles. The zero-order valence-corrected chi connectivity index (χ0v) is 9.45. The third-order valence-corrected chi connectivity index (χ3v) is 2.63. The number of allylic oxidation sites excluding steroid dienone is 3. The first-order valence-corrected chi connectivity index (χ1v) is 4.93. The van der Waals surface area contributed by atoms with E-state index in [1.54, 1.807) is 7.11 Å². The summed E-state index contributed by atoms with van der Waals surface area (Å²) < 4.78 is 5.21. The molecular weight excluding hydrogens is 174 g/mol. The topological polar surface area (TPSA) is 12.5 Å². The van der Waals surface area contributed by atoms with Crippen LogP contribution in [-0.2, 0) is 4.74 Å². The van der Waals surface area contributed by atoms with E-state index < -0.39 is 0 Å². The van der Waals surface area contributed by atoms with Crippen molar-refractivity contribution < 1.29 is 4.74 Å². The molecule has 0 saturated heterocycles. The summed E-state index contributed by atoms with van der Waals surface area (Å²) in [5.41, 5.74) is 1.35. The van der Waals surface area contributed by atoms with Crippen LogP contribution in [0.25, 0.3) is 0 Å². The van der Waals surface area contributed by atoms with Gasteiger partial charge in [-0.2, -0.15) is 0 Å². The maximum atomic E-state index is 5.21. The highest BCUT2D eigenvalue weighted by atomic mass is 16.5. The van der Waals surface area contributed by atoms with Gasteiger partial charge in [0.15, 0.2) is 0 Å². The van der Waals surface area contributed by atoms with Gasteiger partial charge in [-0.3, -0.25) is 0 Å². The SMILES string of the molecule is COC1=CC=CC(C(C)N(C)C)=CC1. The van der Waals surface area contributed by atoms with E-state index in [1.807, 2.05) is 6.08 Å². The molecule has 78 valence electrons. The van der Waals surface area contributed by atoms with E-state index in [2.05, 4.69) is 44.1 Å². The van der Waals surface area contributed by atoms with Gasteiger partial charge in [-0.25, -0.2) is 0 Å². The molecule has 1 atom stereocenters. The molecule has 1 rings (SSSR count). The van der Waals surface area contributed by atoms with E-state index in [9.17, 15) is 0 Å². The summed E-state index contributed by atoms with van der Waals surface area (Å²) in [4.78, 5) is 2.20. The average molecular weight is 193 g/mol. The lowest BCUT2D eigenvalue weighted by Crippen LogP contribution is -2.25. The van der Waals surface area contributed by atoms with Crippen molar-refractivity contribution >= 4 is 0 Å². The quantitative estimate of drug-likeness (QED) is 0.682. The molecule has 2 heteroatoms. The molecule has 0 saturated carbocycles. The molecule has 1 aliphatic rings. The monoisotopic (exact) mass is 193 g/mol. The molecule has 0 fully saturated rings. The van der Waals surface area contributed by atoms with Crippen molar-refractivity contribution in [2.45, 2.75) is 19.4 Å². The summed E-state index contributed by atoms with van der Waals surface area (Å²) in [7, 11) is 5.90. The third kappa shape index (κ3) is 2.74. The second kappa shape index (κ2) is 5.01. The predicted octanol–water partition coefficient (Wildman–Crippen LogP) is 2.35. The molecule has 0 aromatic carbocycles. The maximum absolute atomic E-state index is 5.21. The first-order chi connectivity index (χ1) is 6.65. The van der Waals surface area contributed by atoms with E-state index in [1.165, 1.54) is 5.57 Å². The molecule has 1 unspecified atom stereocenters. The lowest BCUT2D eigenvalue weighted by Gasteiger charge is -2.20. The van der Waals surface area contributed by atoms with Crippen LogP contribution in [0.15, 0.2) is 35.6 Å². The van der Waals surface area contributed by atoms with Gasteiger partial charge in [0.2, 0.25) is 0 Å². The van der Waals surface area contributed by atoms with Crippen molar-refractivity contribution in [1.82, 2.24) is 4.90 Å². The van der Waals surface area contributed by atoms with Gasteiger partial charge in [0.05, 0.1) is 12.9 Å². The number of rotatable bonds is 3. The highest BCUT2D eigenvalue weighted by Crippen LogP contribution is 2.16. The van der Waals surface area contributed by atoms with Crippen molar-refractivity contribution in [3.63, 3.8) is 0 Å². The van der Waals surface area contributed by atoms with Gasteiger partial charge in [-0.15, -0.1) is 0 Å². The number of likely N-dealkylation sites (N-methyl/N-ethyl adjacent to an activating group) is 1. The summed E-state index contributed by atoms with van der Waals surface area (Å²) in [5.74, 6) is 1.02. The lowest BCUT2D eigenvalue weighted by molar-refractivity contribution is 0.284. The van der Waals surface area contributed by atoms with E-state index >= 15 is 0 Å². The Kier molecular flexibility index (Phi) is 3.96. The van der Waals surface area contributed by atoms with Crippen LogP contribution in [0.1, 0.15) is 13.3 Å². The Balaban J connectivity index is 2.72. The number of ether oxygens (including phenoxy) is 1. The van der Waals surface area contributed by atoms with Crippen LogP contribution in [0, 0.1) is 0 Å². The van der Waals surface area contributed by atoms with Crippen LogP contribution >= 0.6 is 0 Å². The second-order valence-electron chi connectivity index (χ2n) is 3.74. The van der Waals surface area contributed by atoms with Gasteiger partial charge in [-0.1, -0.05) is 18.2 Å². The first kappa shape index (κ1) is 11.1. The lowest BCUT2D eigenvalue weighted by atomic mass is 10.1. The summed E-state index contributed by atoms with van der Waals surface area (Å²) in [6, 6.07) is 0.454. The number of nitrogens with zero attached hydrogens (tertiary/aromatic N) is 1.